The average Bonchev–Trinajstić information content (AvgIpc) is 2.76. The van der Waals surface area contributed by atoms with Crippen molar-refractivity contribution in [2.75, 3.05) is 25.5 Å². The van der Waals surface area contributed by atoms with E-state index >= 15 is 0 Å². The topological polar surface area (TPSA) is 3.24 Å². The zero-order valence-electron chi connectivity index (χ0n) is 8.34. The molecular weight excluding hydrogens is 182 g/mol. The van der Waals surface area contributed by atoms with E-state index in [0.717, 1.165) is 17.7 Å². The van der Waals surface area contributed by atoms with Gasteiger partial charge in [0.15, 0.2) is 0 Å². The number of hydrogen-bond acceptors (Lipinski definition) is 1. The van der Waals surface area contributed by atoms with E-state index < -0.39 is 0 Å². The van der Waals surface area contributed by atoms with Crippen molar-refractivity contribution in [3.05, 3.63) is 0 Å². The van der Waals surface area contributed by atoms with E-state index in [9.17, 15) is 0 Å². The highest BCUT2D eigenvalue weighted by Gasteiger charge is 2.25. The second-order valence-electron chi connectivity index (χ2n) is 4.72. The lowest BCUT2D eigenvalue weighted by Crippen LogP contribution is -2.26. The van der Waals surface area contributed by atoms with Crippen LogP contribution in [-0.2, 0) is 0 Å². The lowest BCUT2D eigenvalue weighted by atomic mass is 10.1. The fraction of sp³-hybridized carbons (Fsp3) is 1.00. The van der Waals surface area contributed by atoms with Gasteiger partial charge in [-0.2, -0.15) is 0 Å². The summed E-state index contributed by atoms with van der Waals surface area (Å²) in [6.45, 7) is 3.92. The minimum Gasteiger partial charge on any atom is -0.303 e. The van der Waals surface area contributed by atoms with E-state index in [1.807, 2.05) is 0 Å². The summed E-state index contributed by atoms with van der Waals surface area (Å²) in [7, 11) is 0. The van der Waals surface area contributed by atoms with Crippen LogP contribution in [0.15, 0.2) is 0 Å². The van der Waals surface area contributed by atoms with Gasteiger partial charge in [-0.3, -0.25) is 0 Å². The molecule has 2 heteroatoms. The highest BCUT2D eigenvalue weighted by molar-refractivity contribution is 6.18. The maximum atomic E-state index is 5.86. The second kappa shape index (κ2) is 4.65. The fourth-order valence-corrected chi connectivity index (χ4v) is 3.01. The minimum atomic E-state index is 0.781. The van der Waals surface area contributed by atoms with Gasteiger partial charge in [0.05, 0.1) is 0 Å². The molecule has 0 spiro atoms. The van der Waals surface area contributed by atoms with Crippen molar-refractivity contribution in [3.63, 3.8) is 0 Å². The van der Waals surface area contributed by atoms with Crippen LogP contribution in [-0.4, -0.2) is 30.4 Å². The number of likely N-dealkylation sites (tertiary alicyclic amines) is 1. The molecule has 1 aliphatic carbocycles. The highest BCUT2D eigenvalue weighted by atomic mass is 35.5. The molecule has 2 fully saturated rings. The van der Waals surface area contributed by atoms with E-state index in [1.54, 1.807) is 0 Å². The molecule has 2 aliphatic rings. The molecular formula is C11H20ClN. The van der Waals surface area contributed by atoms with E-state index in [1.165, 1.54) is 51.7 Å². The quantitative estimate of drug-likeness (QED) is 0.635. The molecule has 0 aromatic carbocycles. The summed E-state index contributed by atoms with van der Waals surface area (Å²) in [5.74, 6) is 2.65. The first-order valence-corrected chi connectivity index (χ1v) is 6.20. The maximum absolute atomic E-state index is 5.86. The Balaban J connectivity index is 1.70. The van der Waals surface area contributed by atoms with Crippen molar-refractivity contribution >= 4 is 11.6 Å². The summed E-state index contributed by atoms with van der Waals surface area (Å²) in [5, 5.41) is 0. The van der Waals surface area contributed by atoms with E-state index in [-0.39, 0.29) is 0 Å². The Bertz CT molecular complexity index is 154. The number of hydrogen-bond donors (Lipinski definition) is 0. The maximum Gasteiger partial charge on any atom is 0.0264 e. The molecule has 1 heterocycles. The second-order valence-corrected chi connectivity index (χ2v) is 5.03. The van der Waals surface area contributed by atoms with E-state index in [2.05, 4.69) is 4.90 Å². The fourth-order valence-electron chi connectivity index (χ4n) is 2.76. The van der Waals surface area contributed by atoms with Crippen molar-refractivity contribution in [1.29, 1.82) is 0 Å². The Hall–Kier alpha value is 0.250. The first-order chi connectivity index (χ1) is 6.38. The standard InChI is InChI=1S/C11H20ClN/c12-7-11-5-6-13(9-11)8-10-3-1-2-4-10/h10-11H,1-9H2. The van der Waals surface area contributed by atoms with E-state index in [0.29, 0.717) is 0 Å². The Morgan fingerprint density at radius 3 is 2.46 bits per heavy atom. The van der Waals surface area contributed by atoms with Gasteiger partial charge in [0.1, 0.15) is 0 Å². The third kappa shape index (κ3) is 2.60. The molecule has 1 atom stereocenters. The van der Waals surface area contributed by atoms with E-state index in [4.69, 9.17) is 11.6 Å². The summed E-state index contributed by atoms with van der Waals surface area (Å²) in [5.41, 5.74) is 0. The van der Waals surface area contributed by atoms with Gasteiger partial charge in [-0.05, 0) is 37.6 Å². The zero-order chi connectivity index (χ0) is 9.10. The van der Waals surface area contributed by atoms with Crippen LogP contribution in [0.25, 0.3) is 0 Å². The third-order valence-electron chi connectivity index (χ3n) is 3.58. The highest BCUT2D eigenvalue weighted by Crippen LogP contribution is 2.27. The number of nitrogens with zero attached hydrogens (tertiary/aromatic N) is 1. The molecule has 1 unspecified atom stereocenters. The molecule has 0 aromatic heterocycles. The molecule has 1 aliphatic heterocycles. The van der Waals surface area contributed by atoms with Crippen molar-refractivity contribution in [2.24, 2.45) is 11.8 Å². The summed E-state index contributed by atoms with van der Waals surface area (Å²) in [6.07, 6.45) is 7.22. The molecule has 76 valence electrons. The average molecular weight is 202 g/mol. The Labute approximate surface area is 86.4 Å². The van der Waals surface area contributed by atoms with Gasteiger partial charge in [-0.15, -0.1) is 11.6 Å². The van der Waals surface area contributed by atoms with Gasteiger partial charge in [-0.25, -0.2) is 0 Å². The lowest BCUT2D eigenvalue weighted by molar-refractivity contribution is 0.273. The lowest BCUT2D eigenvalue weighted by Gasteiger charge is -2.19. The normalized spacial score (nSPS) is 31.6. The van der Waals surface area contributed by atoms with Crippen LogP contribution < -0.4 is 0 Å². The first-order valence-electron chi connectivity index (χ1n) is 5.67. The number of rotatable bonds is 3. The molecule has 0 N–H and O–H groups in total. The molecule has 0 radical (unpaired) electrons. The van der Waals surface area contributed by atoms with Crippen LogP contribution >= 0.6 is 11.6 Å². The predicted octanol–water partition coefficient (Wildman–Crippen LogP) is 2.74. The van der Waals surface area contributed by atoms with Gasteiger partial charge < -0.3 is 4.90 Å². The van der Waals surface area contributed by atoms with Crippen LogP contribution in [0.5, 0.6) is 0 Å². The van der Waals surface area contributed by atoms with Crippen LogP contribution in [0.1, 0.15) is 32.1 Å². The van der Waals surface area contributed by atoms with Crippen LogP contribution in [0.4, 0.5) is 0 Å². The van der Waals surface area contributed by atoms with Crippen molar-refractivity contribution < 1.29 is 0 Å². The van der Waals surface area contributed by atoms with Crippen molar-refractivity contribution in [2.45, 2.75) is 32.1 Å². The van der Waals surface area contributed by atoms with Crippen molar-refractivity contribution in [3.8, 4) is 0 Å². The van der Waals surface area contributed by atoms with Crippen LogP contribution in [0, 0.1) is 11.8 Å². The molecule has 0 aromatic rings. The van der Waals surface area contributed by atoms with Gasteiger partial charge in [0, 0.05) is 19.0 Å². The molecule has 2 rings (SSSR count). The van der Waals surface area contributed by atoms with Gasteiger partial charge in [-0.1, -0.05) is 12.8 Å². The molecule has 1 saturated heterocycles. The van der Waals surface area contributed by atoms with Crippen LogP contribution in [0.2, 0.25) is 0 Å². The minimum absolute atomic E-state index is 0.781. The third-order valence-corrected chi connectivity index (χ3v) is 4.02. The molecule has 0 amide bonds. The monoisotopic (exact) mass is 201 g/mol. The molecule has 1 nitrogen and oxygen atoms in total. The Kier molecular flexibility index (Phi) is 3.51. The number of halogens is 1. The van der Waals surface area contributed by atoms with Crippen molar-refractivity contribution in [1.82, 2.24) is 4.90 Å². The molecule has 0 bridgehead atoms. The molecule has 1 saturated carbocycles. The summed E-state index contributed by atoms with van der Waals surface area (Å²) in [6, 6.07) is 0. The zero-order valence-corrected chi connectivity index (χ0v) is 9.10. The SMILES string of the molecule is ClCC1CCN(CC2CCCC2)C1. The van der Waals surface area contributed by atoms with Gasteiger partial charge in [0.25, 0.3) is 0 Å². The smallest absolute Gasteiger partial charge is 0.0264 e. The largest absolute Gasteiger partial charge is 0.303 e. The summed E-state index contributed by atoms with van der Waals surface area (Å²) in [4.78, 5) is 2.63. The number of alkyl halides is 1. The Morgan fingerprint density at radius 2 is 1.85 bits per heavy atom. The molecule has 13 heavy (non-hydrogen) atoms. The summed E-state index contributed by atoms with van der Waals surface area (Å²) < 4.78 is 0. The van der Waals surface area contributed by atoms with Gasteiger partial charge >= 0.3 is 0 Å². The predicted molar refractivity (Wildman–Crippen MR) is 57.2 cm³/mol. The van der Waals surface area contributed by atoms with Gasteiger partial charge in [0.2, 0.25) is 0 Å². The Morgan fingerprint density at radius 1 is 1.08 bits per heavy atom. The van der Waals surface area contributed by atoms with Crippen LogP contribution in [0.3, 0.4) is 0 Å². The first kappa shape index (κ1) is 9.79. The summed E-state index contributed by atoms with van der Waals surface area (Å²) >= 11 is 5.86.